The summed E-state index contributed by atoms with van der Waals surface area (Å²) in [6.07, 6.45) is -0.499. The Morgan fingerprint density at radius 2 is 1.81 bits per heavy atom. The van der Waals surface area contributed by atoms with Gasteiger partial charge in [-0.25, -0.2) is 4.79 Å². The number of nitrogens with zero attached hydrogens (tertiary/aromatic N) is 4. The zero-order valence-electron chi connectivity index (χ0n) is 13.2. The van der Waals surface area contributed by atoms with Crippen molar-refractivity contribution in [1.82, 2.24) is 20.0 Å². The van der Waals surface area contributed by atoms with E-state index >= 15 is 0 Å². The van der Waals surface area contributed by atoms with E-state index in [0.29, 0.717) is 22.6 Å². The first-order chi connectivity index (χ1) is 9.81. The van der Waals surface area contributed by atoms with E-state index in [2.05, 4.69) is 15.1 Å². The molecule has 0 saturated heterocycles. The first-order valence-corrected chi connectivity index (χ1v) is 6.87. The molecule has 0 atom stereocenters. The van der Waals surface area contributed by atoms with Crippen LogP contribution in [0.5, 0.6) is 5.88 Å². The fraction of sp³-hybridized carbons (Fsp3) is 0.571. The second-order valence-electron chi connectivity index (χ2n) is 5.71. The molecule has 0 spiro atoms. The summed E-state index contributed by atoms with van der Waals surface area (Å²) in [4.78, 5) is 21.9. The molecule has 0 bridgehead atoms. The maximum atomic E-state index is 11.8. The Morgan fingerprint density at radius 3 is 2.33 bits per heavy atom. The van der Waals surface area contributed by atoms with Gasteiger partial charge in [-0.2, -0.15) is 9.97 Å². The van der Waals surface area contributed by atoms with Crippen LogP contribution in [0.3, 0.4) is 0 Å². The van der Waals surface area contributed by atoms with Gasteiger partial charge in [0.2, 0.25) is 5.88 Å². The predicted molar refractivity (Wildman–Crippen MR) is 77.5 cm³/mol. The molecule has 2 aromatic rings. The van der Waals surface area contributed by atoms with Crippen LogP contribution < -0.4 is 4.74 Å². The molecule has 0 aliphatic heterocycles. The summed E-state index contributed by atoms with van der Waals surface area (Å²) in [5.41, 5.74) is 1.03. The summed E-state index contributed by atoms with van der Waals surface area (Å²) in [5.74, 6) is 0.943. The number of hydrogen-bond donors (Lipinski definition) is 0. The fourth-order valence-electron chi connectivity index (χ4n) is 1.76. The van der Waals surface area contributed by atoms with Crippen LogP contribution in [0.15, 0.2) is 4.52 Å². The number of aromatic nitrogens is 3. The molecule has 0 fully saturated rings. The lowest BCUT2D eigenvalue weighted by atomic mass is 10.1. The summed E-state index contributed by atoms with van der Waals surface area (Å²) >= 11 is 0. The van der Waals surface area contributed by atoms with Crippen molar-refractivity contribution in [3.63, 3.8) is 0 Å². The minimum Gasteiger partial charge on any atom is -0.390 e. The molecule has 1 amide bonds. The second-order valence-corrected chi connectivity index (χ2v) is 5.71. The highest BCUT2D eigenvalue weighted by Crippen LogP contribution is 2.31. The average molecular weight is 292 g/mol. The van der Waals surface area contributed by atoms with E-state index in [1.807, 2.05) is 27.7 Å². The highest BCUT2D eigenvalue weighted by molar-refractivity contribution is 5.85. The van der Waals surface area contributed by atoms with E-state index in [4.69, 9.17) is 9.26 Å². The van der Waals surface area contributed by atoms with Gasteiger partial charge in [0.05, 0.1) is 0 Å². The van der Waals surface area contributed by atoms with Gasteiger partial charge < -0.3 is 14.2 Å². The number of carbonyl (C=O) groups is 1. The van der Waals surface area contributed by atoms with Crippen molar-refractivity contribution in [1.29, 1.82) is 0 Å². The Bertz CT molecular complexity index is 662. The molecule has 2 aromatic heterocycles. The van der Waals surface area contributed by atoms with Crippen LogP contribution in [0, 0.1) is 0 Å². The fourth-order valence-corrected chi connectivity index (χ4v) is 1.76. The third-order valence-corrected chi connectivity index (χ3v) is 2.96. The molecular weight excluding hydrogens is 272 g/mol. The Hall–Kier alpha value is -2.18. The summed E-state index contributed by atoms with van der Waals surface area (Å²) in [6.45, 7) is 7.87. The van der Waals surface area contributed by atoms with E-state index in [1.54, 1.807) is 14.1 Å². The average Bonchev–Trinajstić information content (AvgIpc) is 2.82. The molecule has 0 aliphatic rings. The van der Waals surface area contributed by atoms with Gasteiger partial charge in [0.15, 0.2) is 0 Å². The number of amides is 1. The molecule has 0 N–H and O–H groups in total. The van der Waals surface area contributed by atoms with Gasteiger partial charge in [0.1, 0.15) is 16.9 Å². The van der Waals surface area contributed by atoms with E-state index in [-0.39, 0.29) is 17.7 Å². The Balaban J connectivity index is 2.62. The highest BCUT2D eigenvalue weighted by atomic mass is 16.6. The number of ether oxygens (including phenoxy) is 1. The molecule has 0 saturated carbocycles. The molecule has 0 unspecified atom stereocenters. The van der Waals surface area contributed by atoms with E-state index in [0.717, 1.165) is 0 Å². The topological polar surface area (TPSA) is 81.4 Å². The summed E-state index contributed by atoms with van der Waals surface area (Å²) in [6, 6.07) is 0. The Kier molecular flexibility index (Phi) is 4.11. The largest absolute Gasteiger partial charge is 0.416 e. The zero-order valence-corrected chi connectivity index (χ0v) is 13.2. The van der Waals surface area contributed by atoms with Crippen LogP contribution in [0.4, 0.5) is 4.79 Å². The summed E-state index contributed by atoms with van der Waals surface area (Å²) in [7, 11) is 3.22. The molecule has 2 rings (SSSR count). The van der Waals surface area contributed by atoms with Crippen LogP contribution in [0.1, 0.15) is 51.0 Å². The summed E-state index contributed by atoms with van der Waals surface area (Å²) in [5, 5.41) is 4.59. The van der Waals surface area contributed by atoms with Crippen molar-refractivity contribution in [2.24, 2.45) is 0 Å². The van der Waals surface area contributed by atoms with Crippen LogP contribution >= 0.6 is 0 Å². The van der Waals surface area contributed by atoms with Gasteiger partial charge in [-0.05, 0) is 5.92 Å². The molecule has 7 nitrogen and oxygen atoms in total. The maximum Gasteiger partial charge on any atom is 0.416 e. The molecule has 0 radical (unpaired) electrons. The summed E-state index contributed by atoms with van der Waals surface area (Å²) < 4.78 is 10.6. The SMILES string of the molecule is CC(C)c1nc(OC(=O)N(C)C)c2c(C(C)C)noc2n1. The number of hydrogen-bond acceptors (Lipinski definition) is 6. The third kappa shape index (κ3) is 2.96. The molecule has 2 heterocycles. The predicted octanol–water partition coefficient (Wildman–Crippen LogP) is 2.93. The lowest BCUT2D eigenvalue weighted by Gasteiger charge is -2.12. The molecule has 7 heteroatoms. The smallest absolute Gasteiger partial charge is 0.390 e. The van der Waals surface area contributed by atoms with Crippen molar-refractivity contribution in [2.75, 3.05) is 14.1 Å². The lowest BCUT2D eigenvalue weighted by Crippen LogP contribution is -2.26. The van der Waals surface area contributed by atoms with Crippen molar-refractivity contribution in [3.05, 3.63) is 11.5 Å². The van der Waals surface area contributed by atoms with Crippen LogP contribution in [-0.2, 0) is 0 Å². The van der Waals surface area contributed by atoms with Gasteiger partial charge in [0, 0.05) is 20.0 Å². The monoisotopic (exact) mass is 292 g/mol. The van der Waals surface area contributed by atoms with Crippen molar-refractivity contribution >= 4 is 17.2 Å². The first-order valence-electron chi connectivity index (χ1n) is 6.87. The number of carbonyl (C=O) groups excluding carboxylic acids is 1. The Morgan fingerprint density at radius 1 is 1.14 bits per heavy atom. The zero-order chi connectivity index (χ0) is 15.7. The molecule has 114 valence electrons. The first kappa shape index (κ1) is 15.2. The van der Waals surface area contributed by atoms with E-state index in [9.17, 15) is 4.79 Å². The normalized spacial score (nSPS) is 11.4. The molecule has 21 heavy (non-hydrogen) atoms. The van der Waals surface area contributed by atoms with Crippen molar-refractivity contribution in [2.45, 2.75) is 39.5 Å². The number of fused-ring (bicyclic) bond motifs is 1. The third-order valence-electron chi connectivity index (χ3n) is 2.96. The van der Waals surface area contributed by atoms with Crippen LogP contribution in [0.25, 0.3) is 11.1 Å². The van der Waals surface area contributed by atoms with Crippen LogP contribution in [-0.4, -0.2) is 40.2 Å². The second kappa shape index (κ2) is 5.67. The minimum absolute atomic E-state index is 0.0822. The maximum absolute atomic E-state index is 11.8. The van der Waals surface area contributed by atoms with Gasteiger partial charge in [-0.15, -0.1) is 0 Å². The van der Waals surface area contributed by atoms with Gasteiger partial charge >= 0.3 is 6.09 Å². The van der Waals surface area contributed by atoms with Gasteiger partial charge in [-0.1, -0.05) is 32.9 Å². The highest BCUT2D eigenvalue weighted by Gasteiger charge is 2.23. The quantitative estimate of drug-likeness (QED) is 0.865. The lowest BCUT2D eigenvalue weighted by molar-refractivity contribution is 0.170. The molecular formula is C14H20N4O3. The van der Waals surface area contributed by atoms with Gasteiger partial charge in [0.25, 0.3) is 5.71 Å². The van der Waals surface area contributed by atoms with E-state index in [1.165, 1.54) is 4.90 Å². The van der Waals surface area contributed by atoms with Crippen LogP contribution in [0.2, 0.25) is 0 Å². The van der Waals surface area contributed by atoms with E-state index < -0.39 is 6.09 Å². The molecule has 0 aromatic carbocycles. The van der Waals surface area contributed by atoms with Gasteiger partial charge in [-0.3, -0.25) is 0 Å². The minimum atomic E-state index is -0.499. The van der Waals surface area contributed by atoms with Crippen molar-refractivity contribution in [3.8, 4) is 5.88 Å². The number of rotatable bonds is 3. The Labute approximate surface area is 123 Å². The van der Waals surface area contributed by atoms with Crippen molar-refractivity contribution < 1.29 is 14.1 Å². The molecule has 0 aliphatic carbocycles. The standard InChI is InChI=1S/C14H20N4O3/c1-7(2)10-9-12(20-14(19)18(5)6)15-11(8(3)4)16-13(9)21-17-10/h7-8H,1-6H3.